The van der Waals surface area contributed by atoms with Crippen LogP contribution in [0.3, 0.4) is 0 Å². The third-order valence-corrected chi connectivity index (χ3v) is 6.12. The Morgan fingerprint density at radius 2 is 1.82 bits per heavy atom. The molecule has 0 saturated heterocycles. The van der Waals surface area contributed by atoms with Gasteiger partial charge in [-0.3, -0.25) is 10.2 Å². The van der Waals surface area contributed by atoms with Gasteiger partial charge in [0.15, 0.2) is 10.8 Å². The van der Waals surface area contributed by atoms with Crippen molar-refractivity contribution in [2.24, 2.45) is 10.2 Å². The Morgan fingerprint density at radius 3 is 2.55 bits per heavy atom. The fraction of sp³-hybridized carbons (Fsp3) is 0.0870. The number of nitrogens with two attached hydrogens (primary N) is 1. The Morgan fingerprint density at radius 1 is 1.06 bits per heavy atom. The van der Waals surface area contributed by atoms with Crippen molar-refractivity contribution in [3.63, 3.8) is 0 Å². The summed E-state index contributed by atoms with van der Waals surface area (Å²) in [5.41, 5.74) is 6.82. The van der Waals surface area contributed by atoms with Gasteiger partial charge in [-0.2, -0.15) is 5.10 Å². The van der Waals surface area contributed by atoms with Gasteiger partial charge < -0.3 is 10.2 Å². The fourth-order valence-electron chi connectivity index (χ4n) is 3.47. The van der Waals surface area contributed by atoms with Crippen LogP contribution in [-0.2, 0) is 21.4 Å². The van der Waals surface area contributed by atoms with Crippen molar-refractivity contribution in [2.75, 3.05) is 10.2 Å². The molecule has 0 saturated carbocycles. The van der Waals surface area contributed by atoms with Crippen LogP contribution >= 0.6 is 12.2 Å². The predicted octanol–water partition coefficient (Wildman–Crippen LogP) is 2.88. The van der Waals surface area contributed by atoms with Crippen LogP contribution in [0.2, 0.25) is 0 Å². The highest BCUT2D eigenvalue weighted by atomic mass is 32.2. The molecule has 1 amide bonds. The van der Waals surface area contributed by atoms with Crippen molar-refractivity contribution in [2.45, 2.75) is 18.4 Å². The van der Waals surface area contributed by atoms with Gasteiger partial charge >= 0.3 is 0 Å². The summed E-state index contributed by atoms with van der Waals surface area (Å²) in [6.45, 7) is 2.36. The molecule has 0 aliphatic carbocycles. The molecule has 33 heavy (non-hydrogen) atoms. The van der Waals surface area contributed by atoms with Crippen molar-refractivity contribution in [1.82, 2.24) is 5.43 Å². The third-order valence-electron chi connectivity index (χ3n) is 5.02. The number of benzene rings is 3. The summed E-state index contributed by atoms with van der Waals surface area (Å²) in [5.74, 6) is -0.244. The summed E-state index contributed by atoms with van der Waals surface area (Å²) in [7, 11) is -3.84. The van der Waals surface area contributed by atoms with Crippen LogP contribution in [0.4, 0.5) is 11.4 Å². The van der Waals surface area contributed by atoms with E-state index in [4.69, 9.17) is 17.4 Å². The number of rotatable bonds is 5. The first-order chi connectivity index (χ1) is 15.7. The lowest BCUT2D eigenvalue weighted by Crippen LogP contribution is -2.32. The number of hydrogen-bond acceptors (Lipinski definition) is 5. The Balaban J connectivity index is 1.56. The average molecular weight is 480 g/mol. The number of thiocarbonyl (C=S) groups is 1. The Labute approximate surface area is 197 Å². The summed E-state index contributed by atoms with van der Waals surface area (Å²) < 4.78 is 23.1. The lowest BCUT2D eigenvalue weighted by Gasteiger charge is -2.17. The van der Waals surface area contributed by atoms with Crippen LogP contribution in [0.15, 0.2) is 82.8 Å². The topological polar surface area (TPSA) is 117 Å². The van der Waals surface area contributed by atoms with Gasteiger partial charge in [-0.1, -0.05) is 48.0 Å². The number of hydrazone groups is 1. The molecule has 1 aliphatic rings. The van der Waals surface area contributed by atoms with Crippen molar-refractivity contribution >= 4 is 50.3 Å². The maximum Gasteiger partial charge on any atom is 0.279 e. The summed E-state index contributed by atoms with van der Waals surface area (Å²) in [5, 5.41) is 12.4. The molecule has 4 N–H and O–H groups in total. The number of fused-ring (bicyclic) bond motifs is 1. The summed E-state index contributed by atoms with van der Waals surface area (Å²) in [6, 6.07) is 21.4. The lowest BCUT2D eigenvalue weighted by molar-refractivity contribution is -0.112. The molecule has 3 aromatic carbocycles. The Bertz CT molecular complexity index is 1370. The number of amides is 1. The van der Waals surface area contributed by atoms with Crippen LogP contribution in [0.5, 0.6) is 0 Å². The second-order valence-corrected chi connectivity index (χ2v) is 9.47. The van der Waals surface area contributed by atoms with E-state index in [-0.39, 0.29) is 21.6 Å². The highest BCUT2D eigenvalue weighted by Gasteiger charge is 2.34. The molecule has 0 unspecified atom stereocenters. The van der Waals surface area contributed by atoms with Gasteiger partial charge in [-0.15, -0.1) is 0 Å². The largest absolute Gasteiger partial charge is 0.331 e. The summed E-state index contributed by atoms with van der Waals surface area (Å²) >= 11 is 5.27. The summed E-state index contributed by atoms with van der Waals surface area (Å²) in [6.07, 6.45) is 0. The number of nitrogens with one attached hydrogen (secondary N) is 2. The molecule has 0 spiro atoms. The van der Waals surface area contributed by atoms with Crippen molar-refractivity contribution < 1.29 is 13.2 Å². The Hall–Kier alpha value is -3.60. The molecule has 1 aliphatic heterocycles. The van der Waals surface area contributed by atoms with Gasteiger partial charge in [0, 0.05) is 11.3 Å². The number of nitrogens with zero attached hydrogens (tertiary/aromatic N) is 2. The molecule has 8 nitrogen and oxygen atoms in total. The molecule has 0 fully saturated rings. The van der Waals surface area contributed by atoms with Crippen LogP contribution in [-0.4, -0.2) is 25.1 Å². The van der Waals surface area contributed by atoms with E-state index in [2.05, 4.69) is 15.8 Å². The average Bonchev–Trinajstić information content (AvgIpc) is 3.03. The van der Waals surface area contributed by atoms with Crippen molar-refractivity contribution in [1.29, 1.82) is 0 Å². The standard InChI is InChI=1S/C23H21N5O3S2/c1-15-10-11-20-19(12-15)21(22(29)28(20)14-16-6-3-2-4-7-16)26-27-23(32)25-17-8-5-9-18(13-17)33(24,30)31/h2-13H,14H2,1H3,(H2,24,30,31)(H2,25,27,32). The van der Waals surface area contributed by atoms with E-state index in [1.54, 1.807) is 11.0 Å². The minimum Gasteiger partial charge on any atom is -0.331 e. The van der Waals surface area contributed by atoms with E-state index >= 15 is 0 Å². The molecular formula is C23H21N5O3S2. The molecule has 0 atom stereocenters. The molecular weight excluding hydrogens is 458 g/mol. The van der Waals surface area contributed by atoms with E-state index in [1.807, 2.05) is 55.5 Å². The van der Waals surface area contributed by atoms with E-state index in [0.717, 1.165) is 16.8 Å². The van der Waals surface area contributed by atoms with Crippen LogP contribution in [0.1, 0.15) is 16.7 Å². The van der Waals surface area contributed by atoms with Gasteiger partial charge in [0.05, 0.1) is 17.1 Å². The first-order valence-electron chi connectivity index (χ1n) is 9.97. The van der Waals surface area contributed by atoms with Gasteiger partial charge in [0.2, 0.25) is 10.0 Å². The number of hydrogen-bond donors (Lipinski definition) is 3. The molecule has 168 valence electrons. The minimum absolute atomic E-state index is 0.0476. The summed E-state index contributed by atoms with van der Waals surface area (Å²) in [4.78, 5) is 14.8. The van der Waals surface area contributed by atoms with E-state index in [1.165, 1.54) is 18.2 Å². The van der Waals surface area contributed by atoms with Crippen LogP contribution in [0.25, 0.3) is 0 Å². The number of aryl methyl sites for hydroxylation is 1. The SMILES string of the molecule is Cc1ccc2c(c1)C(=NNC(=S)Nc1cccc(S(N)(=O)=O)c1)C(=O)N2Cc1ccccc1. The van der Waals surface area contributed by atoms with Crippen molar-refractivity contribution in [3.05, 3.63) is 89.5 Å². The maximum absolute atomic E-state index is 13.2. The molecule has 0 bridgehead atoms. The number of anilines is 2. The minimum atomic E-state index is -3.84. The van der Waals surface area contributed by atoms with Crippen LogP contribution < -0.4 is 20.8 Å². The number of carbonyl (C=O) groups excluding carboxylic acids is 1. The molecule has 1 heterocycles. The molecule has 10 heteroatoms. The zero-order valence-corrected chi connectivity index (χ0v) is 19.3. The monoisotopic (exact) mass is 479 g/mol. The first-order valence-corrected chi connectivity index (χ1v) is 11.9. The highest BCUT2D eigenvalue weighted by molar-refractivity contribution is 7.89. The number of primary sulfonamides is 1. The van der Waals surface area contributed by atoms with Gasteiger partial charge in [0.25, 0.3) is 5.91 Å². The fourth-order valence-corrected chi connectivity index (χ4v) is 4.20. The van der Waals surface area contributed by atoms with Crippen molar-refractivity contribution in [3.8, 4) is 0 Å². The number of sulfonamides is 1. The Kier molecular flexibility index (Phi) is 6.23. The molecule has 0 aromatic heterocycles. The zero-order chi connectivity index (χ0) is 23.6. The van der Waals surface area contributed by atoms with E-state index in [0.29, 0.717) is 17.8 Å². The van der Waals surface area contributed by atoms with E-state index < -0.39 is 10.0 Å². The van der Waals surface area contributed by atoms with Gasteiger partial charge in [0.1, 0.15) is 0 Å². The van der Waals surface area contributed by atoms with Crippen LogP contribution in [0, 0.1) is 6.92 Å². The predicted molar refractivity (Wildman–Crippen MR) is 133 cm³/mol. The lowest BCUT2D eigenvalue weighted by atomic mass is 10.1. The zero-order valence-electron chi connectivity index (χ0n) is 17.6. The van der Waals surface area contributed by atoms with Gasteiger partial charge in [-0.05, 0) is 55.0 Å². The van der Waals surface area contributed by atoms with E-state index in [9.17, 15) is 13.2 Å². The quantitative estimate of drug-likeness (QED) is 0.383. The number of carbonyl (C=O) groups is 1. The molecule has 4 rings (SSSR count). The normalized spacial score (nSPS) is 14.3. The molecule has 0 radical (unpaired) electrons. The van der Waals surface area contributed by atoms with Gasteiger partial charge in [-0.25, -0.2) is 13.6 Å². The third kappa shape index (κ3) is 5.08. The smallest absolute Gasteiger partial charge is 0.279 e. The second kappa shape index (κ2) is 9.10. The first kappa shape index (κ1) is 22.6. The molecule has 3 aromatic rings. The highest BCUT2D eigenvalue weighted by Crippen LogP contribution is 2.31. The maximum atomic E-state index is 13.2. The second-order valence-electron chi connectivity index (χ2n) is 7.50.